The second-order valence-corrected chi connectivity index (χ2v) is 4.23. The van der Waals surface area contributed by atoms with Crippen molar-refractivity contribution in [1.29, 1.82) is 5.26 Å². The summed E-state index contributed by atoms with van der Waals surface area (Å²) in [5.74, 6) is 0.355. The van der Waals surface area contributed by atoms with Crippen LogP contribution in [0, 0.1) is 25.2 Å². The summed E-state index contributed by atoms with van der Waals surface area (Å²) in [4.78, 5) is 4.41. The van der Waals surface area contributed by atoms with E-state index in [-0.39, 0.29) is 0 Å². The first-order valence-electron chi connectivity index (χ1n) is 4.69. The Hall–Kier alpha value is -1.74. The van der Waals surface area contributed by atoms with Crippen molar-refractivity contribution in [3.8, 4) is 6.07 Å². The summed E-state index contributed by atoms with van der Waals surface area (Å²) in [5.41, 5.74) is 8.89. The Labute approximate surface area is 97.3 Å². The van der Waals surface area contributed by atoms with E-state index in [4.69, 9.17) is 11.0 Å². The van der Waals surface area contributed by atoms with Gasteiger partial charge in [0.1, 0.15) is 22.5 Å². The molecule has 2 aromatic rings. The Morgan fingerprint density at radius 1 is 1.44 bits per heavy atom. The van der Waals surface area contributed by atoms with Crippen molar-refractivity contribution in [3.05, 3.63) is 16.8 Å². The lowest BCUT2D eigenvalue weighted by atomic mass is 10.3. The van der Waals surface area contributed by atoms with E-state index < -0.39 is 0 Å². The lowest BCUT2D eigenvalue weighted by Gasteiger charge is -2.05. The van der Waals surface area contributed by atoms with Gasteiger partial charge >= 0.3 is 0 Å². The summed E-state index contributed by atoms with van der Waals surface area (Å²) in [6.45, 7) is 3.84. The van der Waals surface area contributed by atoms with Gasteiger partial charge in [0.25, 0.3) is 0 Å². The van der Waals surface area contributed by atoms with Crippen molar-refractivity contribution in [2.45, 2.75) is 18.9 Å². The van der Waals surface area contributed by atoms with E-state index in [1.807, 2.05) is 20.1 Å². The van der Waals surface area contributed by atoms with Gasteiger partial charge in [-0.15, -0.1) is 11.8 Å². The molecule has 0 radical (unpaired) electrons. The fourth-order valence-corrected chi connectivity index (χ4v) is 2.04. The van der Waals surface area contributed by atoms with Gasteiger partial charge in [0.15, 0.2) is 5.65 Å². The number of thioether (sulfide) groups is 1. The van der Waals surface area contributed by atoms with Gasteiger partial charge in [-0.05, 0) is 20.1 Å². The molecule has 2 aromatic heterocycles. The van der Waals surface area contributed by atoms with E-state index in [9.17, 15) is 0 Å². The second kappa shape index (κ2) is 3.68. The lowest BCUT2D eigenvalue weighted by molar-refractivity contribution is 0.904. The minimum absolute atomic E-state index is 0.355. The van der Waals surface area contributed by atoms with Crippen molar-refractivity contribution >= 4 is 23.2 Å². The summed E-state index contributed by atoms with van der Waals surface area (Å²) in [6, 6.07) is 2.07. The van der Waals surface area contributed by atoms with Crippen LogP contribution < -0.4 is 5.73 Å². The van der Waals surface area contributed by atoms with E-state index in [0.717, 1.165) is 16.9 Å². The molecular weight excluding hydrogens is 222 g/mol. The van der Waals surface area contributed by atoms with Crippen molar-refractivity contribution in [1.82, 2.24) is 14.6 Å². The zero-order valence-corrected chi connectivity index (χ0v) is 10.1. The summed E-state index contributed by atoms with van der Waals surface area (Å²) in [7, 11) is 0. The molecule has 0 amide bonds. The minimum atomic E-state index is 0.355. The van der Waals surface area contributed by atoms with Gasteiger partial charge in [0, 0.05) is 5.56 Å². The number of fused-ring (bicyclic) bond motifs is 1. The summed E-state index contributed by atoms with van der Waals surface area (Å²) in [6.07, 6.45) is 1.87. The van der Waals surface area contributed by atoms with E-state index in [1.54, 1.807) is 0 Å². The van der Waals surface area contributed by atoms with Crippen LogP contribution in [0.4, 0.5) is 5.82 Å². The molecule has 0 aliphatic carbocycles. The van der Waals surface area contributed by atoms with Gasteiger partial charge in [-0.1, -0.05) is 0 Å². The number of aryl methyl sites for hydroxylation is 2. The molecule has 0 aliphatic heterocycles. The molecule has 2 rings (SSSR count). The third-order valence-electron chi connectivity index (χ3n) is 2.54. The smallest absolute Gasteiger partial charge is 0.161 e. The van der Waals surface area contributed by atoms with Crippen LogP contribution in [-0.2, 0) is 0 Å². The third kappa shape index (κ3) is 1.32. The Balaban J connectivity index is 2.94. The number of nitrogen functional groups attached to an aromatic ring is 1. The number of nitriles is 1. The maximum atomic E-state index is 9.04. The lowest BCUT2D eigenvalue weighted by Crippen LogP contribution is -2.05. The molecular formula is C10H11N5S. The van der Waals surface area contributed by atoms with Crippen LogP contribution in [0.1, 0.15) is 16.8 Å². The largest absolute Gasteiger partial charge is 0.382 e. The maximum absolute atomic E-state index is 9.04. The first-order chi connectivity index (χ1) is 7.60. The number of rotatable bonds is 1. The zero-order valence-electron chi connectivity index (χ0n) is 9.27. The van der Waals surface area contributed by atoms with Crippen LogP contribution in [0.2, 0.25) is 0 Å². The molecule has 0 unspecified atom stereocenters. The van der Waals surface area contributed by atoms with Gasteiger partial charge < -0.3 is 5.73 Å². The molecule has 2 heterocycles. The summed E-state index contributed by atoms with van der Waals surface area (Å²) < 4.78 is 1.53. The van der Waals surface area contributed by atoms with Crippen LogP contribution >= 0.6 is 11.8 Å². The van der Waals surface area contributed by atoms with Crippen LogP contribution in [-0.4, -0.2) is 20.9 Å². The number of aromatic nitrogens is 3. The molecule has 82 valence electrons. The van der Waals surface area contributed by atoms with Crippen molar-refractivity contribution in [2.24, 2.45) is 0 Å². The summed E-state index contributed by atoms with van der Waals surface area (Å²) in [5, 5.41) is 14.0. The number of anilines is 1. The number of nitrogens with two attached hydrogens (primary N) is 1. The molecule has 0 aromatic carbocycles. The topological polar surface area (TPSA) is 80.0 Å². The Bertz CT molecular complexity index is 608. The predicted molar refractivity (Wildman–Crippen MR) is 63.4 cm³/mol. The molecule has 5 nitrogen and oxygen atoms in total. The number of hydrogen-bond acceptors (Lipinski definition) is 5. The minimum Gasteiger partial charge on any atom is -0.382 e. The first-order valence-corrected chi connectivity index (χ1v) is 5.92. The molecule has 0 spiro atoms. The van der Waals surface area contributed by atoms with Crippen LogP contribution in [0.3, 0.4) is 0 Å². The number of hydrogen-bond donors (Lipinski definition) is 1. The average Bonchev–Trinajstić information content (AvgIpc) is 2.56. The fourth-order valence-electron chi connectivity index (χ4n) is 1.51. The monoisotopic (exact) mass is 233 g/mol. The van der Waals surface area contributed by atoms with Crippen molar-refractivity contribution in [3.63, 3.8) is 0 Å². The average molecular weight is 233 g/mol. The zero-order chi connectivity index (χ0) is 11.9. The Morgan fingerprint density at radius 3 is 2.69 bits per heavy atom. The molecule has 6 heteroatoms. The molecule has 2 N–H and O–H groups in total. The fraction of sp³-hybridized carbons (Fsp3) is 0.300. The van der Waals surface area contributed by atoms with Crippen molar-refractivity contribution < 1.29 is 0 Å². The standard InChI is InChI=1S/C10H11N5S/c1-5-6(2)14-15-8(12)7(4-11)10(16-3)13-9(5)15/h12H2,1-3H3. The van der Waals surface area contributed by atoms with Crippen LogP contribution in [0.15, 0.2) is 5.03 Å². The van der Waals surface area contributed by atoms with Gasteiger partial charge in [-0.3, -0.25) is 0 Å². The maximum Gasteiger partial charge on any atom is 0.161 e. The van der Waals surface area contributed by atoms with Crippen LogP contribution in [0.25, 0.3) is 5.65 Å². The molecule has 0 atom stereocenters. The van der Waals surface area contributed by atoms with Gasteiger partial charge in [-0.2, -0.15) is 14.9 Å². The number of nitrogens with zero attached hydrogens (tertiary/aromatic N) is 4. The van der Waals surface area contributed by atoms with Gasteiger partial charge in [-0.25, -0.2) is 4.98 Å². The highest BCUT2D eigenvalue weighted by molar-refractivity contribution is 7.98. The quantitative estimate of drug-likeness (QED) is 0.596. The molecule has 0 saturated heterocycles. The Kier molecular flexibility index (Phi) is 2.48. The molecule has 0 saturated carbocycles. The van der Waals surface area contributed by atoms with E-state index in [2.05, 4.69) is 16.2 Å². The SMILES string of the molecule is CSc1nc2c(C)c(C)nn2c(N)c1C#N. The van der Waals surface area contributed by atoms with E-state index >= 15 is 0 Å². The van der Waals surface area contributed by atoms with Crippen molar-refractivity contribution in [2.75, 3.05) is 12.0 Å². The molecule has 0 aliphatic rings. The van der Waals surface area contributed by atoms with Gasteiger partial charge in [0.05, 0.1) is 5.69 Å². The highest BCUT2D eigenvalue weighted by atomic mass is 32.2. The highest BCUT2D eigenvalue weighted by Crippen LogP contribution is 2.25. The summed E-state index contributed by atoms with van der Waals surface area (Å²) >= 11 is 1.41. The molecule has 16 heavy (non-hydrogen) atoms. The normalized spacial score (nSPS) is 10.6. The van der Waals surface area contributed by atoms with Gasteiger partial charge in [0.2, 0.25) is 0 Å². The third-order valence-corrected chi connectivity index (χ3v) is 3.22. The molecule has 0 fully saturated rings. The van der Waals surface area contributed by atoms with Crippen LogP contribution in [0.5, 0.6) is 0 Å². The Morgan fingerprint density at radius 2 is 2.12 bits per heavy atom. The predicted octanol–water partition coefficient (Wildman–Crippen LogP) is 1.52. The highest BCUT2D eigenvalue weighted by Gasteiger charge is 2.16. The van der Waals surface area contributed by atoms with E-state index in [0.29, 0.717) is 16.4 Å². The second-order valence-electron chi connectivity index (χ2n) is 3.44. The van der Waals surface area contributed by atoms with E-state index in [1.165, 1.54) is 16.3 Å². The molecule has 0 bridgehead atoms. The first kappa shape index (κ1) is 10.8.